The molecule has 2 rings (SSSR count). The van der Waals surface area contributed by atoms with Crippen LogP contribution in [0.1, 0.15) is 50.5 Å². The Hall–Kier alpha value is -0.560. The molecule has 0 spiro atoms. The molecular formula is C14H20ClN. The summed E-state index contributed by atoms with van der Waals surface area (Å²) in [6.07, 6.45) is 10.4. The van der Waals surface area contributed by atoms with E-state index in [1.165, 1.54) is 37.7 Å². The summed E-state index contributed by atoms with van der Waals surface area (Å²) >= 11 is 6.62. The summed E-state index contributed by atoms with van der Waals surface area (Å²) in [5, 5.41) is 0.280. The number of hydrogen-bond donors (Lipinski definition) is 0. The van der Waals surface area contributed by atoms with Gasteiger partial charge in [0.25, 0.3) is 0 Å². The Labute approximate surface area is 103 Å². The standard InChI is InChI=1S/C14H20ClN/c1-11(12-7-9-16-10-8-12)14(15)13-5-3-2-4-6-13/h7-11,13-14H,2-6H2,1H3. The smallest absolute Gasteiger partial charge is 0.0430 e. The second kappa shape index (κ2) is 5.67. The van der Waals surface area contributed by atoms with Crippen LogP contribution >= 0.6 is 11.6 Å². The van der Waals surface area contributed by atoms with E-state index in [4.69, 9.17) is 11.6 Å². The highest BCUT2D eigenvalue weighted by molar-refractivity contribution is 6.21. The quantitative estimate of drug-likeness (QED) is 0.712. The van der Waals surface area contributed by atoms with Crippen LogP contribution in [0, 0.1) is 5.92 Å². The van der Waals surface area contributed by atoms with Crippen molar-refractivity contribution >= 4 is 11.6 Å². The van der Waals surface area contributed by atoms with Crippen LogP contribution in [0.5, 0.6) is 0 Å². The molecule has 0 bridgehead atoms. The number of rotatable bonds is 3. The van der Waals surface area contributed by atoms with Gasteiger partial charge in [0.05, 0.1) is 0 Å². The van der Waals surface area contributed by atoms with Gasteiger partial charge in [-0.3, -0.25) is 4.98 Å². The maximum atomic E-state index is 6.62. The molecule has 2 atom stereocenters. The Bertz CT molecular complexity index is 306. The van der Waals surface area contributed by atoms with Crippen LogP contribution in [0.15, 0.2) is 24.5 Å². The molecule has 1 aromatic rings. The van der Waals surface area contributed by atoms with E-state index in [1.807, 2.05) is 12.4 Å². The number of alkyl halides is 1. The lowest BCUT2D eigenvalue weighted by Crippen LogP contribution is -2.23. The van der Waals surface area contributed by atoms with Crippen molar-refractivity contribution in [3.63, 3.8) is 0 Å². The van der Waals surface area contributed by atoms with Gasteiger partial charge in [-0.2, -0.15) is 0 Å². The van der Waals surface area contributed by atoms with Gasteiger partial charge in [-0.25, -0.2) is 0 Å². The molecule has 0 amide bonds. The average molecular weight is 238 g/mol. The van der Waals surface area contributed by atoms with Crippen LogP contribution in [0.4, 0.5) is 0 Å². The molecule has 0 saturated heterocycles. The molecule has 0 radical (unpaired) electrons. The predicted octanol–water partition coefficient (Wildman–Crippen LogP) is 4.37. The first-order valence-electron chi connectivity index (χ1n) is 6.33. The first kappa shape index (κ1) is 11.9. The minimum absolute atomic E-state index is 0.280. The Morgan fingerprint density at radius 2 is 1.81 bits per heavy atom. The number of nitrogens with zero attached hydrogens (tertiary/aromatic N) is 1. The highest BCUT2D eigenvalue weighted by Crippen LogP contribution is 2.36. The Morgan fingerprint density at radius 3 is 2.44 bits per heavy atom. The molecular weight excluding hydrogens is 218 g/mol. The van der Waals surface area contributed by atoms with Crippen molar-refractivity contribution in [2.24, 2.45) is 5.92 Å². The zero-order chi connectivity index (χ0) is 11.4. The van der Waals surface area contributed by atoms with Gasteiger partial charge < -0.3 is 0 Å². The zero-order valence-electron chi connectivity index (χ0n) is 9.90. The van der Waals surface area contributed by atoms with E-state index >= 15 is 0 Å². The van der Waals surface area contributed by atoms with Crippen molar-refractivity contribution in [3.05, 3.63) is 30.1 Å². The third-order valence-corrected chi connectivity index (χ3v) is 4.54. The molecule has 2 unspecified atom stereocenters. The van der Waals surface area contributed by atoms with Crippen LogP contribution in [0.25, 0.3) is 0 Å². The number of hydrogen-bond acceptors (Lipinski definition) is 1. The van der Waals surface area contributed by atoms with Gasteiger partial charge in [-0.05, 0) is 42.4 Å². The molecule has 1 saturated carbocycles. The summed E-state index contributed by atoms with van der Waals surface area (Å²) in [5.41, 5.74) is 1.32. The molecule has 16 heavy (non-hydrogen) atoms. The maximum Gasteiger partial charge on any atom is 0.0430 e. The van der Waals surface area contributed by atoms with E-state index in [-0.39, 0.29) is 5.38 Å². The zero-order valence-corrected chi connectivity index (χ0v) is 10.7. The fourth-order valence-electron chi connectivity index (χ4n) is 2.71. The fourth-order valence-corrected chi connectivity index (χ4v) is 3.11. The summed E-state index contributed by atoms with van der Waals surface area (Å²) < 4.78 is 0. The lowest BCUT2D eigenvalue weighted by molar-refractivity contribution is 0.328. The van der Waals surface area contributed by atoms with E-state index in [0.29, 0.717) is 11.8 Å². The third-order valence-electron chi connectivity index (χ3n) is 3.81. The molecule has 1 aromatic heterocycles. The highest BCUT2D eigenvalue weighted by atomic mass is 35.5. The summed E-state index contributed by atoms with van der Waals surface area (Å²) in [5.74, 6) is 1.14. The van der Waals surface area contributed by atoms with E-state index in [9.17, 15) is 0 Å². The molecule has 0 aromatic carbocycles. The molecule has 0 N–H and O–H groups in total. The van der Waals surface area contributed by atoms with Gasteiger partial charge in [0.1, 0.15) is 0 Å². The molecule has 1 aliphatic rings. The molecule has 1 aliphatic carbocycles. The molecule has 0 aliphatic heterocycles. The second-order valence-corrected chi connectivity index (χ2v) is 5.42. The monoisotopic (exact) mass is 237 g/mol. The van der Waals surface area contributed by atoms with Crippen LogP contribution in [-0.2, 0) is 0 Å². The normalized spacial score (nSPS) is 21.6. The number of halogens is 1. The summed E-state index contributed by atoms with van der Waals surface area (Å²) in [6.45, 7) is 2.24. The van der Waals surface area contributed by atoms with Gasteiger partial charge in [0.15, 0.2) is 0 Å². The maximum absolute atomic E-state index is 6.62. The van der Waals surface area contributed by atoms with Gasteiger partial charge >= 0.3 is 0 Å². The summed E-state index contributed by atoms with van der Waals surface area (Å²) in [7, 11) is 0. The predicted molar refractivity (Wildman–Crippen MR) is 68.9 cm³/mol. The van der Waals surface area contributed by atoms with Gasteiger partial charge in [0, 0.05) is 17.8 Å². The topological polar surface area (TPSA) is 12.9 Å². The summed E-state index contributed by atoms with van der Waals surface area (Å²) in [4.78, 5) is 4.06. The first-order valence-corrected chi connectivity index (χ1v) is 6.76. The lowest BCUT2D eigenvalue weighted by atomic mass is 9.81. The van der Waals surface area contributed by atoms with Crippen molar-refractivity contribution in [1.29, 1.82) is 0 Å². The third kappa shape index (κ3) is 2.76. The fraction of sp³-hybridized carbons (Fsp3) is 0.643. The van der Waals surface area contributed by atoms with Crippen molar-refractivity contribution in [2.45, 2.75) is 50.3 Å². The Morgan fingerprint density at radius 1 is 1.19 bits per heavy atom. The van der Waals surface area contributed by atoms with Crippen molar-refractivity contribution < 1.29 is 0 Å². The molecule has 1 heterocycles. The van der Waals surface area contributed by atoms with E-state index in [0.717, 1.165) is 0 Å². The largest absolute Gasteiger partial charge is 0.265 e. The molecule has 88 valence electrons. The van der Waals surface area contributed by atoms with E-state index < -0.39 is 0 Å². The van der Waals surface area contributed by atoms with Gasteiger partial charge in [0.2, 0.25) is 0 Å². The average Bonchev–Trinajstić information content (AvgIpc) is 2.39. The van der Waals surface area contributed by atoms with E-state index in [2.05, 4.69) is 24.0 Å². The lowest BCUT2D eigenvalue weighted by Gasteiger charge is -2.30. The van der Waals surface area contributed by atoms with Crippen LogP contribution in [0.3, 0.4) is 0 Å². The van der Waals surface area contributed by atoms with E-state index in [1.54, 1.807) is 0 Å². The highest BCUT2D eigenvalue weighted by Gasteiger charge is 2.26. The minimum atomic E-state index is 0.280. The molecule has 1 nitrogen and oxygen atoms in total. The molecule has 2 heteroatoms. The van der Waals surface area contributed by atoms with Crippen LogP contribution in [-0.4, -0.2) is 10.4 Å². The second-order valence-electron chi connectivity index (χ2n) is 4.91. The van der Waals surface area contributed by atoms with Crippen LogP contribution < -0.4 is 0 Å². The van der Waals surface area contributed by atoms with Crippen molar-refractivity contribution in [2.75, 3.05) is 0 Å². The SMILES string of the molecule is CC(c1ccncc1)C(Cl)C1CCCCC1. The van der Waals surface area contributed by atoms with Gasteiger partial charge in [-0.15, -0.1) is 11.6 Å². The first-order chi connectivity index (χ1) is 7.79. The number of aromatic nitrogens is 1. The van der Waals surface area contributed by atoms with Crippen molar-refractivity contribution in [1.82, 2.24) is 4.98 Å². The van der Waals surface area contributed by atoms with Crippen LogP contribution in [0.2, 0.25) is 0 Å². The van der Waals surface area contributed by atoms with Gasteiger partial charge in [-0.1, -0.05) is 26.2 Å². The molecule has 1 fully saturated rings. The minimum Gasteiger partial charge on any atom is -0.265 e. The number of pyridine rings is 1. The van der Waals surface area contributed by atoms with Crippen molar-refractivity contribution in [3.8, 4) is 0 Å². The summed E-state index contributed by atoms with van der Waals surface area (Å²) in [6, 6.07) is 4.17. The Kier molecular flexibility index (Phi) is 4.22. The Balaban J connectivity index is 2.00.